The molecule has 2 nitrogen and oxygen atoms in total. The van der Waals surface area contributed by atoms with Crippen LogP contribution in [-0.2, 0) is 4.74 Å². The number of nitrogens with two attached hydrogens (primary N) is 1. The van der Waals surface area contributed by atoms with Crippen LogP contribution in [0.15, 0.2) is 18.2 Å². The number of ether oxygens (including phenoxy) is 1. The number of benzene rings is 1. The number of rotatable bonds is 6. The van der Waals surface area contributed by atoms with Gasteiger partial charge in [0.1, 0.15) is 11.6 Å². The van der Waals surface area contributed by atoms with Crippen LogP contribution >= 0.6 is 0 Å². The maximum atomic E-state index is 13.6. The van der Waals surface area contributed by atoms with E-state index in [2.05, 4.69) is 0 Å². The van der Waals surface area contributed by atoms with E-state index in [-0.39, 0.29) is 11.7 Å². The highest BCUT2D eigenvalue weighted by Gasteiger charge is 2.24. The summed E-state index contributed by atoms with van der Waals surface area (Å²) in [5, 5.41) is 0. The van der Waals surface area contributed by atoms with Gasteiger partial charge >= 0.3 is 0 Å². The minimum Gasteiger partial charge on any atom is -0.377 e. The molecule has 0 saturated heterocycles. The molecule has 4 heteroatoms. The van der Waals surface area contributed by atoms with Gasteiger partial charge in [-0.15, -0.1) is 0 Å². The van der Waals surface area contributed by atoms with Crippen molar-refractivity contribution in [1.82, 2.24) is 0 Å². The molecule has 1 aromatic carbocycles. The predicted octanol–water partition coefficient (Wildman–Crippen LogP) is 3.17. The van der Waals surface area contributed by atoms with Crippen LogP contribution in [0.3, 0.4) is 0 Å². The largest absolute Gasteiger partial charge is 0.377 e. The van der Waals surface area contributed by atoms with E-state index in [9.17, 15) is 8.78 Å². The van der Waals surface area contributed by atoms with Gasteiger partial charge in [-0.05, 0) is 25.5 Å². The molecule has 96 valence electrons. The quantitative estimate of drug-likeness (QED) is 0.833. The van der Waals surface area contributed by atoms with Gasteiger partial charge in [-0.3, -0.25) is 0 Å². The van der Waals surface area contributed by atoms with E-state index in [1.165, 1.54) is 18.2 Å². The summed E-state index contributed by atoms with van der Waals surface area (Å²) in [6.45, 7) is 4.30. The normalized spacial score (nSPS) is 14.6. The lowest BCUT2D eigenvalue weighted by atomic mass is 9.98. The van der Waals surface area contributed by atoms with Crippen molar-refractivity contribution in [2.24, 2.45) is 5.73 Å². The molecule has 0 aliphatic carbocycles. The Morgan fingerprint density at radius 1 is 1.24 bits per heavy atom. The van der Waals surface area contributed by atoms with Gasteiger partial charge < -0.3 is 10.5 Å². The molecule has 0 amide bonds. The Morgan fingerprint density at radius 3 is 2.29 bits per heavy atom. The molecule has 0 saturated carbocycles. The fourth-order valence-electron chi connectivity index (χ4n) is 1.88. The summed E-state index contributed by atoms with van der Waals surface area (Å²) >= 11 is 0. The van der Waals surface area contributed by atoms with Gasteiger partial charge in [0.05, 0.1) is 12.1 Å². The van der Waals surface area contributed by atoms with Gasteiger partial charge in [0, 0.05) is 12.2 Å². The Morgan fingerprint density at radius 2 is 1.82 bits per heavy atom. The molecule has 0 spiro atoms. The zero-order valence-corrected chi connectivity index (χ0v) is 10.2. The maximum absolute atomic E-state index is 13.6. The Labute approximate surface area is 101 Å². The standard InChI is InChI=1S/C13H19F2NO/c1-3-6-11(17-4-2)13(16)12-9(14)7-5-8-10(12)15/h5,7-8,11,13H,3-4,6,16H2,1-2H3. The van der Waals surface area contributed by atoms with Crippen LogP contribution in [0.4, 0.5) is 8.78 Å². The lowest BCUT2D eigenvalue weighted by Crippen LogP contribution is -2.30. The summed E-state index contributed by atoms with van der Waals surface area (Å²) in [4.78, 5) is 0. The van der Waals surface area contributed by atoms with Gasteiger partial charge in [-0.25, -0.2) is 8.78 Å². The molecule has 2 N–H and O–H groups in total. The van der Waals surface area contributed by atoms with Gasteiger partial charge in [-0.1, -0.05) is 19.4 Å². The van der Waals surface area contributed by atoms with Crippen molar-refractivity contribution in [3.8, 4) is 0 Å². The fraction of sp³-hybridized carbons (Fsp3) is 0.538. The van der Waals surface area contributed by atoms with Crippen molar-refractivity contribution in [3.63, 3.8) is 0 Å². The van der Waals surface area contributed by atoms with Crippen molar-refractivity contribution in [1.29, 1.82) is 0 Å². The third kappa shape index (κ3) is 3.48. The molecule has 0 fully saturated rings. The Balaban J connectivity index is 2.95. The Kier molecular flexibility index (Phi) is 5.51. The van der Waals surface area contributed by atoms with Crippen LogP contribution in [0, 0.1) is 11.6 Å². The van der Waals surface area contributed by atoms with Crippen LogP contribution in [-0.4, -0.2) is 12.7 Å². The van der Waals surface area contributed by atoms with Gasteiger partial charge in [0.2, 0.25) is 0 Å². The molecule has 0 aromatic heterocycles. The summed E-state index contributed by atoms with van der Waals surface area (Å²) in [5.41, 5.74) is 5.82. The van der Waals surface area contributed by atoms with Crippen LogP contribution in [0.25, 0.3) is 0 Å². The van der Waals surface area contributed by atoms with E-state index in [4.69, 9.17) is 10.5 Å². The molecule has 2 atom stereocenters. The number of hydrogen-bond donors (Lipinski definition) is 1. The predicted molar refractivity (Wildman–Crippen MR) is 63.6 cm³/mol. The molecule has 2 unspecified atom stereocenters. The molecule has 1 rings (SSSR count). The topological polar surface area (TPSA) is 35.2 Å². The van der Waals surface area contributed by atoms with Crippen LogP contribution in [0.1, 0.15) is 38.3 Å². The molecule has 0 bridgehead atoms. The lowest BCUT2D eigenvalue weighted by molar-refractivity contribution is 0.0358. The van der Waals surface area contributed by atoms with Crippen LogP contribution in [0.5, 0.6) is 0 Å². The first kappa shape index (κ1) is 14.1. The van der Waals surface area contributed by atoms with Gasteiger partial charge in [0.25, 0.3) is 0 Å². The summed E-state index contributed by atoms with van der Waals surface area (Å²) in [6, 6.07) is 2.99. The second-order valence-electron chi connectivity index (χ2n) is 3.94. The number of hydrogen-bond acceptors (Lipinski definition) is 2. The minimum absolute atomic E-state index is 0.0839. The van der Waals surface area contributed by atoms with Crippen molar-refractivity contribution in [2.45, 2.75) is 38.8 Å². The summed E-state index contributed by atoms with van der Waals surface area (Å²) < 4.78 is 32.6. The highest BCUT2D eigenvalue weighted by Crippen LogP contribution is 2.25. The smallest absolute Gasteiger partial charge is 0.131 e. The second kappa shape index (κ2) is 6.67. The third-order valence-corrected chi connectivity index (χ3v) is 2.69. The second-order valence-corrected chi connectivity index (χ2v) is 3.94. The van der Waals surface area contributed by atoms with E-state index in [1.54, 1.807) is 0 Å². The van der Waals surface area contributed by atoms with Crippen LogP contribution < -0.4 is 5.73 Å². The Hall–Kier alpha value is -1.00. The average molecular weight is 243 g/mol. The number of halogens is 2. The third-order valence-electron chi connectivity index (χ3n) is 2.69. The molecule has 1 aromatic rings. The molecular weight excluding hydrogens is 224 g/mol. The molecule has 17 heavy (non-hydrogen) atoms. The first-order valence-corrected chi connectivity index (χ1v) is 5.92. The minimum atomic E-state index is -0.768. The first-order chi connectivity index (χ1) is 8.11. The lowest BCUT2D eigenvalue weighted by Gasteiger charge is -2.24. The summed E-state index contributed by atoms with van der Waals surface area (Å²) in [7, 11) is 0. The van der Waals surface area contributed by atoms with E-state index in [1.807, 2.05) is 13.8 Å². The summed E-state index contributed by atoms with van der Waals surface area (Å²) in [5.74, 6) is -1.23. The SMILES string of the molecule is CCCC(OCC)C(N)c1c(F)cccc1F. The first-order valence-electron chi connectivity index (χ1n) is 5.92. The highest BCUT2D eigenvalue weighted by molar-refractivity contribution is 5.24. The molecular formula is C13H19F2NO. The molecule has 0 heterocycles. The molecule has 0 aliphatic rings. The zero-order chi connectivity index (χ0) is 12.8. The van der Waals surface area contributed by atoms with E-state index < -0.39 is 17.7 Å². The van der Waals surface area contributed by atoms with Crippen molar-refractivity contribution < 1.29 is 13.5 Å². The van der Waals surface area contributed by atoms with Crippen molar-refractivity contribution in [3.05, 3.63) is 35.4 Å². The Bertz CT molecular complexity index is 331. The van der Waals surface area contributed by atoms with E-state index in [0.29, 0.717) is 13.0 Å². The van der Waals surface area contributed by atoms with Crippen molar-refractivity contribution >= 4 is 0 Å². The monoisotopic (exact) mass is 243 g/mol. The zero-order valence-electron chi connectivity index (χ0n) is 10.2. The van der Waals surface area contributed by atoms with E-state index in [0.717, 1.165) is 6.42 Å². The highest BCUT2D eigenvalue weighted by atomic mass is 19.1. The van der Waals surface area contributed by atoms with E-state index >= 15 is 0 Å². The molecule has 0 aliphatic heterocycles. The maximum Gasteiger partial charge on any atom is 0.131 e. The van der Waals surface area contributed by atoms with Crippen LogP contribution in [0.2, 0.25) is 0 Å². The average Bonchev–Trinajstić information content (AvgIpc) is 2.28. The van der Waals surface area contributed by atoms with Crippen molar-refractivity contribution in [2.75, 3.05) is 6.61 Å². The molecule has 0 radical (unpaired) electrons. The summed E-state index contributed by atoms with van der Waals surface area (Å²) in [6.07, 6.45) is 1.19. The van der Waals surface area contributed by atoms with Gasteiger partial charge in [-0.2, -0.15) is 0 Å². The van der Waals surface area contributed by atoms with Gasteiger partial charge in [0.15, 0.2) is 0 Å². The fourth-order valence-corrected chi connectivity index (χ4v) is 1.88.